The van der Waals surface area contributed by atoms with Crippen LogP contribution in [0, 0.1) is 5.92 Å². The van der Waals surface area contributed by atoms with E-state index in [1.54, 1.807) is 16.9 Å². The average Bonchev–Trinajstić information content (AvgIpc) is 2.77. The molecule has 0 amide bonds. The lowest BCUT2D eigenvalue weighted by Crippen LogP contribution is -2.29. The van der Waals surface area contributed by atoms with E-state index in [-0.39, 0.29) is 6.04 Å². The molecule has 0 aliphatic carbocycles. The lowest BCUT2D eigenvalue weighted by Gasteiger charge is -2.22. The summed E-state index contributed by atoms with van der Waals surface area (Å²) in [6.07, 6.45) is 4.24. The van der Waals surface area contributed by atoms with Crippen molar-refractivity contribution < 1.29 is 0 Å². The second-order valence-corrected chi connectivity index (χ2v) is 4.31. The summed E-state index contributed by atoms with van der Waals surface area (Å²) in [6.45, 7) is 4.95. The minimum Gasteiger partial charge on any atom is -0.366 e. The third-order valence-electron chi connectivity index (χ3n) is 2.72. The average molecular weight is 235 g/mol. The van der Waals surface area contributed by atoms with Crippen LogP contribution in [0.25, 0.3) is 5.65 Å². The normalized spacial score (nSPS) is 13.2. The highest BCUT2D eigenvalue weighted by Crippen LogP contribution is 2.14. The molecule has 92 valence electrons. The summed E-state index contributed by atoms with van der Waals surface area (Å²) in [4.78, 5) is 4.10. The van der Waals surface area contributed by atoms with Crippen molar-refractivity contribution in [1.29, 1.82) is 0 Å². The zero-order chi connectivity index (χ0) is 12.3. The molecule has 3 N–H and O–H groups in total. The number of aromatic nitrogens is 5. The predicted molar refractivity (Wildman–Crippen MR) is 64.5 cm³/mol. The number of nitrogens with two attached hydrogens (primary N) is 1. The van der Waals surface area contributed by atoms with Gasteiger partial charge < -0.3 is 11.1 Å². The van der Waals surface area contributed by atoms with E-state index >= 15 is 0 Å². The fourth-order valence-electron chi connectivity index (χ4n) is 1.72. The van der Waals surface area contributed by atoms with E-state index in [9.17, 15) is 0 Å². The molecule has 2 heterocycles. The van der Waals surface area contributed by atoms with Gasteiger partial charge >= 0.3 is 0 Å². The van der Waals surface area contributed by atoms with Crippen LogP contribution in [0.4, 0.5) is 5.82 Å². The molecule has 2 aromatic heterocycles. The Morgan fingerprint density at radius 3 is 2.94 bits per heavy atom. The molecule has 0 saturated heterocycles. The van der Waals surface area contributed by atoms with Crippen LogP contribution < -0.4 is 11.1 Å². The Kier molecular flexibility index (Phi) is 3.48. The summed E-state index contributed by atoms with van der Waals surface area (Å²) in [6, 6.07) is 0.289. The van der Waals surface area contributed by atoms with Gasteiger partial charge in [-0.25, -0.2) is 0 Å². The Hall–Kier alpha value is -1.76. The first-order valence-electron chi connectivity index (χ1n) is 5.71. The van der Waals surface area contributed by atoms with E-state index < -0.39 is 0 Å². The molecular formula is C10H17N7. The fraction of sp³-hybridized carbons (Fsp3) is 0.600. The Bertz CT molecular complexity index is 478. The van der Waals surface area contributed by atoms with Gasteiger partial charge in [-0.2, -0.15) is 4.52 Å². The largest absolute Gasteiger partial charge is 0.366 e. The molecule has 0 spiro atoms. The van der Waals surface area contributed by atoms with Gasteiger partial charge in [-0.05, 0) is 29.3 Å². The maximum Gasteiger partial charge on any atom is 0.199 e. The van der Waals surface area contributed by atoms with E-state index in [1.807, 2.05) is 0 Å². The lowest BCUT2D eigenvalue weighted by molar-refractivity contribution is 0.495. The first-order valence-corrected chi connectivity index (χ1v) is 5.71. The van der Waals surface area contributed by atoms with Gasteiger partial charge in [0.1, 0.15) is 0 Å². The van der Waals surface area contributed by atoms with Crippen LogP contribution in [0.3, 0.4) is 0 Å². The molecule has 7 nitrogen and oxygen atoms in total. The highest BCUT2D eigenvalue weighted by Gasteiger charge is 2.14. The van der Waals surface area contributed by atoms with Gasteiger partial charge in [0.05, 0.1) is 12.4 Å². The highest BCUT2D eigenvalue weighted by atomic mass is 15.5. The SMILES string of the molecule is CC(C)C(CCN)Nc1cncc2nnnn12. The van der Waals surface area contributed by atoms with Gasteiger partial charge in [-0.15, -0.1) is 5.10 Å². The smallest absolute Gasteiger partial charge is 0.199 e. The van der Waals surface area contributed by atoms with E-state index in [2.05, 4.69) is 39.7 Å². The number of tetrazole rings is 1. The van der Waals surface area contributed by atoms with E-state index in [0.29, 0.717) is 18.1 Å². The van der Waals surface area contributed by atoms with Crippen molar-refractivity contribution in [2.75, 3.05) is 11.9 Å². The third-order valence-corrected chi connectivity index (χ3v) is 2.72. The second-order valence-electron chi connectivity index (χ2n) is 4.31. The molecule has 2 rings (SSSR count). The van der Waals surface area contributed by atoms with E-state index in [1.165, 1.54) is 0 Å². The zero-order valence-corrected chi connectivity index (χ0v) is 10.0. The van der Waals surface area contributed by atoms with E-state index in [4.69, 9.17) is 5.73 Å². The minimum absolute atomic E-state index is 0.289. The second kappa shape index (κ2) is 5.05. The Morgan fingerprint density at radius 2 is 2.24 bits per heavy atom. The zero-order valence-electron chi connectivity index (χ0n) is 10.0. The van der Waals surface area contributed by atoms with Gasteiger partial charge in [-0.1, -0.05) is 13.8 Å². The third kappa shape index (κ3) is 2.50. The maximum atomic E-state index is 5.61. The van der Waals surface area contributed by atoms with Crippen molar-refractivity contribution in [1.82, 2.24) is 25.0 Å². The number of hydrogen-bond donors (Lipinski definition) is 2. The maximum absolute atomic E-state index is 5.61. The molecule has 1 atom stereocenters. The van der Waals surface area contributed by atoms with Gasteiger partial charge in [0.15, 0.2) is 11.5 Å². The van der Waals surface area contributed by atoms with Crippen LogP contribution in [0.2, 0.25) is 0 Å². The van der Waals surface area contributed by atoms with Crippen LogP contribution >= 0.6 is 0 Å². The molecular weight excluding hydrogens is 218 g/mol. The number of anilines is 1. The number of rotatable bonds is 5. The quantitative estimate of drug-likeness (QED) is 0.774. The molecule has 0 aliphatic rings. The molecule has 0 aromatic carbocycles. The molecule has 2 aromatic rings. The van der Waals surface area contributed by atoms with Crippen molar-refractivity contribution in [2.45, 2.75) is 26.3 Å². The molecule has 0 radical (unpaired) electrons. The van der Waals surface area contributed by atoms with Crippen molar-refractivity contribution >= 4 is 11.5 Å². The lowest BCUT2D eigenvalue weighted by atomic mass is 10.0. The van der Waals surface area contributed by atoms with Crippen molar-refractivity contribution in [3.05, 3.63) is 12.4 Å². The van der Waals surface area contributed by atoms with E-state index in [0.717, 1.165) is 12.2 Å². The molecule has 17 heavy (non-hydrogen) atoms. The number of fused-ring (bicyclic) bond motifs is 1. The predicted octanol–water partition coefficient (Wildman–Crippen LogP) is 0.305. The Morgan fingerprint density at radius 1 is 1.41 bits per heavy atom. The highest BCUT2D eigenvalue weighted by molar-refractivity contribution is 5.44. The minimum atomic E-state index is 0.289. The van der Waals surface area contributed by atoms with Gasteiger partial charge in [-0.3, -0.25) is 4.98 Å². The topological polar surface area (TPSA) is 94.0 Å². The summed E-state index contributed by atoms with van der Waals surface area (Å²) in [5, 5.41) is 14.8. The Labute approximate surface area is 99.4 Å². The monoisotopic (exact) mass is 235 g/mol. The van der Waals surface area contributed by atoms with Gasteiger partial charge in [0.2, 0.25) is 0 Å². The van der Waals surface area contributed by atoms with Gasteiger partial charge in [0.25, 0.3) is 0 Å². The molecule has 0 bridgehead atoms. The van der Waals surface area contributed by atoms with Crippen LogP contribution in [0.5, 0.6) is 0 Å². The van der Waals surface area contributed by atoms with Crippen molar-refractivity contribution in [3.8, 4) is 0 Å². The molecule has 0 saturated carbocycles. The molecule has 1 unspecified atom stereocenters. The van der Waals surface area contributed by atoms with Gasteiger partial charge in [0, 0.05) is 6.04 Å². The van der Waals surface area contributed by atoms with Crippen molar-refractivity contribution in [2.24, 2.45) is 11.7 Å². The number of nitrogens with one attached hydrogen (secondary N) is 1. The van der Waals surface area contributed by atoms with Crippen LogP contribution in [0.15, 0.2) is 12.4 Å². The fourth-order valence-corrected chi connectivity index (χ4v) is 1.72. The summed E-state index contributed by atoms with van der Waals surface area (Å²) in [5.41, 5.74) is 6.24. The first kappa shape index (κ1) is 11.7. The van der Waals surface area contributed by atoms with Crippen LogP contribution in [-0.2, 0) is 0 Å². The van der Waals surface area contributed by atoms with Crippen LogP contribution in [0.1, 0.15) is 20.3 Å². The number of hydrogen-bond acceptors (Lipinski definition) is 6. The summed E-state index contributed by atoms with van der Waals surface area (Å²) in [7, 11) is 0. The standard InChI is InChI=1S/C10H17N7/c1-7(2)8(3-4-11)13-9-5-12-6-10-14-15-16-17(9)10/h5-8,13H,3-4,11H2,1-2H3. The molecule has 0 aliphatic heterocycles. The first-order chi connectivity index (χ1) is 8.22. The number of nitrogens with zero attached hydrogens (tertiary/aromatic N) is 5. The van der Waals surface area contributed by atoms with Crippen molar-refractivity contribution in [3.63, 3.8) is 0 Å². The Balaban J connectivity index is 2.24. The van der Waals surface area contributed by atoms with Crippen LogP contribution in [-0.4, -0.2) is 37.6 Å². The molecule has 7 heteroatoms. The molecule has 0 fully saturated rings. The summed E-state index contributed by atoms with van der Waals surface area (Å²) in [5.74, 6) is 1.27. The summed E-state index contributed by atoms with van der Waals surface area (Å²) >= 11 is 0. The summed E-state index contributed by atoms with van der Waals surface area (Å²) < 4.78 is 1.64.